The standard InChI is InChI=1S/C21H27NO2.C4H4O4/c1-5-15-22(4)16-6-7-17-24-20-13-11-19(12-14-20)21(23)10-8-9-18(2)3;5-3(6)1-2-4(7)8/h5-14H,1,15-17H2,2-4H3;1-2H,(H,5,6)(H,7,8). The van der Waals surface area contributed by atoms with Gasteiger partial charge in [-0.2, -0.15) is 0 Å². The molecule has 0 aliphatic rings. The molecule has 7 heteroatoms. The van der Waals surface area contributed by atoms with Gasteiger partial charge in [-0.1, -0.05) is 36.0 Å². The first-order valence-electron chi connectivity index (χ1n) is 9.82. The lowest BCUT2D eigenvalue weighted by atomic mass is 10.1. The van der Waals surface area contributed by atoms with Crippen LogP contribution in [0.15, 0.2) is 85.0 Å². The van der Waals surface area contributed by atoms with E-state index >= 15 is 0 Å². The third-order valence-corrected chi connectivity index (χ3v) is 3.56. The van der Waals surface area contributed by atoms with E-state index in [1.54, 1.807) is 24.3 Å². The molecule has 0 saturated heterocycles. The van der Waals surface area contributed by atoms with Crippen molar-refractivity contribution < 1.29 is 29.3 Å². The summed E-state index contributed by atoms with van der Waals surface area (Å²) in [6, 6.07) is 7.21. The second kappa shape index (κ2) is 17.0. The molecule has 1 aromatic rings. The Balaban J connectivity index is 0.00000102. The van der Waals surface area contributed by atoms with Gasteiger partial charge in [-0.25, -0.2) is 9.59 Å². The van der Waals surface area contributed by atoms with Crippen LogP contribution < -0.4 is 4.74 Å². The van der Waals surface area contributed by atoms with Crippen molar-refractivity contribution in [3.63, 3.8) is 0 Å². The largest absolute Gasteiger partial charge is 0.490 e. The predicted molar refractivity (Wildman–Crippen MR) is 126 cm³/mol. The quantitative estimate of drug-likeness (QED) is 0.217. The molecule has 0 saturated carbocycles. The number of aliphatic carboxylic acids is 2. The Labute approximate surface area is 189 Å². The van der Waals surface area contributed by atoms with Crippen LogP contribution in [0.3, 0.4) is 0 Å². The molecule has 2 N–H and O–H groups in total. The number of hydrogen-bond donors (Lipinski definition) is 2. The highest BCUT2D eigenvalue weighted by atomic mass is 16.5. The van der Waals surface area contributed by atoms with Crippen molar-refractivity contribution in [2.75, 3.05) is 26.7 Å². The van der Waals surface area contributed by atoms with Gasteiger partial charge in [0.25, 0.3) is 0 Å². The molecule has 172 valence electrons. The van der Waals surface area contributed by atoms with E-state index in [4.69, 9.17) is 14.9 Å². The predicted octanol–water partition coefficient (Wildman–Crippen LogP) is 4.16. The van der Waals surface area contributed by atoms with Gasteiger partial charge < -0.3 is 14.9 Å². The normalized spacial score (nSPS) is 10.8. The average molecular weight is 442 g/mol. The van der Waals surface area contributed by atoms with Crippen molar-refractivity contribution in [2.45, 2.75) is 13.8 Å². The SMILES string of the molecule is C=CCN(C)CC=CCOc1ccc(C(=O)C=CC=C(C)C)cc1.O=C(O)C=CC(=O)O. The summed E-state index contributed by atoms with van der Waals surface area (Å²) in [7, 11) is 2.04. The second-order valence-corrected chi connectivity index (χ2v) is 6.79. The van der Waals surface area contributed by atoms with E-state index in [1.807, 2.05) is 51.3 Å². The fourth-order valence-electron chi connectivity index (χ4n) is 2.04. The van der Waals surface area contributed by atoms with Gasteiger partial charge in [0.1, 0.15) is 12.4 Å². The molecule has 0 unspecified atom stereocenters. The summed E-state index contributed by atoms with van der Waals surface area (Å²) >= 11 is 0. The van der Waals surface area contributed by atoms with E-state index in [2.05, 4.69) is 17.6 Å². The summed E-state index contributed by atoms with van der Waals surface area (Å²) < 4.78 is 5.63. The van der Waals surface area contributed by atoms with E-state index in [-0.39, 0.29) is 5.78 Å². The summed E-state index contributed by atoms with van der Waals surface area (Å²) in [4.78, 5) is 33.2. The highest BCUT2D eigenvalue weighted by molar-refractivity contribution is 6.04. The number of nitrogens with zero attached hydrogens (tertiary/aromatic N) is 1. The van der Waals surface area contributed by atoms with Crippen LogP contribution in [0, 0.1) is 0 Å². The molecule has 1 rings (SSSR count). The molecule has 0 spiro atoms. The van der Waals surface area contributed by atoms with Gasteiger partial charge in [0, 0.05) is 30.8 Å². The summed E-state index contributed by atoms with van der Waals surface area (Å²) in [5.74, 6) is -1.77. The second-order valence-electron chi connectivity index (χ2n) is 6.79. The minimum Gasteiger partial charge on any atom is -0.490 e. The van der Waals surface area contributed by atoms with Gasteiger partial charge in [0.05, 0.1) is 0 Å². The fraction of sp³-hybridized carbons (Fsp3) is 0.240. The molecular weight excluding hydrogens is 410 g/mol. The zero-order valence-corrected chi connectivity index (χ0v) is 18.7. The van der Waals surface area contributed by atoms with E-state index in [1.165, 1.54) is 0 Å². The molecule has 0 atom stereocenters. The average Bonchev–Trinajstić information content (AvgIpc) is 2.73. The Kier molecular flexibility index (Phi) is 15.0. The maximum Gasteiger partial charge on any atom is 0.328 e. The molecule has 0 amide bonds. The van der Waals surface area contributed by atoms with E-state index < -0.39 is 11.9 Å². The van der Waals surface area contributed by atoms with Gasteiger partial charge >= 0.3 is 11.9 Å². The first-order valence-corrected chi connectivity index (χ1v) is 9.82. The third-order valence-electron chi connectivity index (χ3n) is 3.56. The van der Waals surface area contributed by atoms with Crippen molar-refractivity contribution in [3.8, 4) is 5.75 Å². The van der Waals surface area contributed by atoms with Gasteiger partial charge in [-0.05, 0) is 51.2 Å². The zero-order valence-electron chi connectivity index (χ0n) is 18.7. The molecule has 7 nitrogen and oxygen atoms in total. The van der Waals surface area contributed by atoms with Crippen molar-refractivity contribution in [3.05, 3.63) is 90.6 Å². The van der Waals surface area contributed by atoms with Crippen molar-refractivity contribution in [2.24, 2.45) is 0 Å². The molecule has 0 radical (unpaired) electrons. The lowest BCUT2D eigenvalue weighted by molar-refractivity contribution is -0.134. The molecule has 0 fully saturated rings. The maximum absolute atomic E-state index is 12.0. The number of hydrogen-bond acceptors (Lipinski definition) is 5. The molecule has 0 bridgehead atoms. The van der Waals surface area contributed by atoms with Crippen LogP contribution in [-0.2, 0) is 9.59 Å². The number of ether oxygens (including phenoxy) is 1. The Morgan fingerprint density at radius 3 is 2.06 bits per heavy atom. The Bertz CT molecular complexity index is 843. The minimum atomic E-state index is -1.26. The molecule has 0 aromatic heterocycles. The topological polar surface area (TPSA) is 104 Å². The van der Waals surface area contributed by atoms with E-state index in [9.17, 15) is 14.4 Å². The van der Waals surface area contributed by atoms with E-state index in [0.29, 0.717) is 24.3 Å². The Morgan fingerprint density at radius 2 is 1.56 bits per heavy atom. The van der Waals surface area contributed by atoms with Crippen LogP contribution in [-0.4, -0.2) is 59.6 Å². The molecule has 1 aromatic carbocycles. The summed E-state index contributed by atoms with van der Waals surface area (Å²) in [5, 5.41) is 15.6. The first kappa shape index (κ1) is 28.3. The monoisotopic (exact) mass is 441 g/mol. The number of carbonyl (C=O) groups is 3. The van der Waals surface area contributed by atoms with Gasteiger partial charge in [0.2, 0.25) is 0 Å². The maximum atomic E-state index is 12.0. The number of likely N-dealkylation sites (N-methyl/N-ethyl adjacent to an activating group) is 1. The number of carboxylic acids is 2. The molecule has 0 aliphatic carbocycles. The smallest absolute Gasteiger partial charge is 0.328 e. The number of benzene rings is 1. The first-order chi connectivity index (χ1) is 15.1. The van der Waals surface area contributed by atoms with Gasteiger partial charge in [0.15, 0.2) is 5.78 Å². The molecular formula is C25H31NO6. The highest BCUT2D eigenvalue weighted by Gasteiger charge is 2.01. The van der Waals surface area contributed by atoms with Crippen LogP contribution in [0.5, 0.6) is 5.75 Å². The van der Waals surface area contributed by atoms with Crippen LogP contribution in [0.2, 0.25) is 0 Å². The van der Waals surface area contributed by atoms with E-state index in [0.717, 1.165) is 24.4 Å². The van der Waals surface area contributed by atoms with Crippen molar-refractivity contribution in [1.29, 1.82) is 0 Å². The lowest BCUT2D eigenvalue weighted by Crippen LogP contribution is -2.17. The van der Waals surface area contributed by atoms with Gasteiger partial charge in [-0.3, -0.25) is 9.69 Å². The Morgan fingerprint density at radius 1 is 0.969 bits per heavy atom. The number of carbonyl (C=O) groups excluding carboxylic acids is 1. The van der Waals surface area contributed by atoms with Crippen LogP contribution in [0.25, 0.3) is 0 Å². The minimum absolute atomic E-state index is 0.01000. The summed E-state index contributed by atoms with van der Waals surface area (Å²) in [5.41, 5.74) is 1.81. The molecule has 32 heavy (non-hydrogen) atoms. The van der Waals surface area contributed by atoms with Gasteiger partial charge in [-0.15, -0.1) is 6.58 Å². The highest BCUT2D eigenvalue weighted by Crippen LogP contribution is 2.13. The zero-order chi connectivity index (χ0) is 24.4. The molecule has 0 aliphatic heterocycles. The van der Waals surface area contributed by atoms with Crippen LogP contribution in [0.4, 0.5) is 0 Å². The molecule has 0 heterocycles. The number of allylic oxidation sites excluding steroid dienone is 4. The summed E-state index contributed by atoms with van der Waals surface area (Å²) in [6.07, 6.45) is 12.3. The van der Waals surface area contributed by atoms with Crippen LogP contribution >= 0.6 is 0 Å². The number of ketones is 1. The lowest BCUT2D eigenvalue weighted by Gasteiger charge is -2.10. The van der Waals surface area contributed by atoms with Crippen molar-refractivity contribution in [1.82, 2.24) is 4.90 Å². The Hall–Kier alpha value is -3.71. The third kappa shape index (κ3) is 16.1. The fourth-order valence-corrected chi connectivity index (χ4v) is 2.04. The summed E-state index contributed by atoms with van der Waals surface area (Å²) in [6.45, 7) is 9.93. The van der Waals surface area contributed by atoms with Crippen LogP contribution in [0.1, 0.15) is 24.2 Å². The number of rotatable bonds is 12. The van der Waals surface area contributed by atoms with Crippen molar-refractivity contribution >= 4 is 17.7 Å². The number of carboxylic acid groups (broad SMARTS) is 2.